The van der Waals surface area contributed by atoms with E-state index in [2.05, 4.69) is 37.2 Å². The smallest absolute Gasteiger partial charge is 0.256 e. The third-order valence-corrected chi connectivity index (χ3v) is 5.73. The van der Waals surface area contributed by atoms with Gasteiger partial charge >= 0.3 is 0 Å². The first kappa shape index (κ1) is 16.1. The van der Waals surface area contributed by atoms with Crippen LogP contribution < -0.4 is 14.8 Å². The number of benzene rings is 2. The number of methoxy groups -OCH3 is 2. The molecule has 6 heteroatoms. The van der Waals surface area contributed by atoms with Crippen LogP contribution in [0.15, 0.2) is 39.3 Å². The number of fused-ring (bicyclic) bond motifs is 1. The molecule has 0 aliphatic carbocycles. The quantitative estimate of drug-likeness (QED) is 0.705. The molecule has 1 aliphatic heterocycles. The summed E-state index contributed by atoms with van der Waals surface area (Å²) in [6.45, 7) is 0. The zero-order valence-electron chi connectivity index (χ0n) is 12.4. The van der Waals surface area contributed by atoms with Crippen molar-refractivity contribution >= 4 is 55.1 Å². The molecule has 4 nitrogen and oxygen atoms in total. The number of amides is 1. The van der Waals surface area contributed by atoms with Crippen LogP contribution in [0, 0.1) is 0 Å². The molecule has 3 rings (SSSR count). The first-order chi connectivity index (χ1) is 11.1. The van der Waals surface area contributed by atoms with E-state index >= 15 is 0 Å². The first-order valence-electron chi connectivity index (χ1n) is 6.79. The molecule has 2 aromatic carbocycles. The van der Waals surface area contributed by atoms with Gasteiger partial charge in [-0.2, -0.15) is 0 Å². The number of rotatable bonds is 3. The third-order valence-electron chi connectivity index (χ3n) is 3.59. The van der Waals surface area contributed by atoms with Crippen molar-refractivity contribution in [2.75, 3.05) is 19.5 Å². The van der Waals surface area contributed by atoms with E-state index in [0.717, 1.165) is 25.8 Å². The summed E-state index contributed by atoms with van der Waals surface area (Å²) in [6.07, 6.45) is 1.83. The van der Waals surface area contributed by atoms with Crippen LogP contribution in [-0.2, 0) is 4.79 Å². The Bertz CT molecular complexity index is 831. The summed E-state index contributed by atoms with van der Waals surface area (Å²) in [7, 11) is 3.15. The van der Waals surface area contributed by atoms with Gasteiger partial charge in [0.2, 0.25) is 0 Å². The molecule has 118 valence electrons. The molecule has 0 saturated heterocycles. The second-order valence-electron chi connectivity index (χ2n) is 4.89. The molecule has 1 aliphatic rings. The van der Waals surface area contributed by atoms with Crippen molar-refractivity contribution in [2.24, 2.45) is 0 Å². The Balaban J connectivity index is 2.17. The highest BCUT2D eigenvalue weighted by atomic mass is 79.9. The van der Waals surface area contributed by atoms with Crippen molar-refractivity contribution in [2.45, 2.75) is 0 Å². The van der Waals surface area contributed by atoms with Gasteiger partial charge in [-0.1, -0.05) is 18.2 Å². The summed E-state index contributed by atoms with van der Waals surface area (Å²) < 4.78 is 12.2. The van der Waals surface area contributed by atoms with Gasteiger partial charge in [-0.15, -0.1) is 0 Å². The Morgan fingerprint density at radius 3 is 2.52 bits per heavy atom. The van der Waals surface area contributed by atoms with Crippen molar-refractivity contribution in [1.29, 1.82) is 0 Å². The van der Waals surface area contributed by atoms with Crippen molar-refractivity contribution in [3.8, 4) is 11.5 Å². The number of halogens is 2. The fourth-order valence-corrected chi connectivity index (χ4v) is 3.48. The molecule has 0 fully saturated rings. The molecular formula is C17H13Br2NO3. The highest BCUT2D eigenvalue weighted by Crippen LogP contribution is 2.44. The van der Waals surface area contributed by atoms with Gasteiger partial charge in [-0.05, 0) is 55.6 Å². The number of anilines is 1. The van der Waals surface area contributed by atoms with Crippen molar-refractivity contribution in [1.82, 2.24) is 0 Å². The fraction of sp³-hybridized carbons (Fsp3) is 0.118. The van der Waals surface area contributed by atoms with Gasteiger partial charge in [0.25, 0.3) is 5.91 Å². The lowest BCUT2D eigenvalue weighted by molar-refractivity contribution is -0.110. The Morgan fingerprint density at radius 1 is 1.09 bits per heavy atom. The number of nitrogens with one attached hydrogen (secondary N) is 1. The molecule has 2 aromatic rings. The Morgan fingerprint density at radius 2 is 1.83 bits per heavy atom. The number of ether oxygens (including phenoxy) is 2. The molecule has 23 heavy (non-hydrogen) atoms. The van der Waals surface area contributed by atoms with Crippen LogP contribution in [0.5, 0.6) is 11.5 Å². The molecule has 0 atom stereocenters. The summed E-state index contributed by atoms with van der Waals surface area (Å²) in [5.41, 5.74) is 3.13. The summed E-state index contributed by atoms with van der Waals surface area (Å²) in [6, 6.07) is 9.43. The molecule has 0 radical (unpaired) electrons. The van der Waals surface area contributed by atoms with Crippen LogP contribution in [-0.4, -0.2) is 20.1 Å². The van der Waals surface area contributed by atoms with Gasteiger partial charge in [0.15, 0.2) is 11.5 Å². The highest BCUT2D eigenvalue weighted by Gasteiger charge is 2.24. The SMILES string of the molecule is COc1cc(C=C2C(=O)Nc3ccccc32)c(Br)c(Br)c1OC. The number of hydrogen-bond acceptors (Lipinski definition) is 3. The van der Waals surface area contributed by atoms with Gasteiger partial charge in [-0.25, -0.2) is 0 Å². The molecule has 0 saturated carbocycles. The highest BCUT2D eigenvalue weighted by molar-refractivity contribution is 9.13. The largest absolute Gasteiger partial charge is 0.493 e. The number of hydrogen-bond donors (Lipinski definition) is 1. The minimum atomic E-state index is -0.121. The molecule has 0 spiro atoms. The average molecular weight is 439 g/mol. The zero-order chi connectivity index (χ0) is 16.6. The fourth-order valence-electron chi connectivity index (χ4n) is 2.49. The van der Waals surface area contributed by atoms with Crippen molar-refractivity contribution in [3.05, 3.63) is 50.4 Å². The first-order valence-corrected chi connectivity index (χ1v) is 8.37. The lowest BCUT2D eigenvalue weighted by Crippen LogP contribution is -2.03. The number of carbonyl (C=O) groups excluding carboxylic acids is 1. The maximum atomic E-state index is 12.2. The predicted molar refractivity (Wildman–Crippen MR) is 97.9 cm³/mol. The molecule has 1 heterocycles. The van der Waals surface area contributed by atoms with E-state index in [1.54, 1.807) is 14.2 Å². The van der Waals surface area contributed by atoms with E-state index in [4.69, 9.17) is 9.47 Å². The van der Waals surface area contributed by atoms with Crippen LogP contribution in [0.3, 0.4) is 0 Å². The van der Waals surface area contributed by atoms with Crippen LogP contribution in [0.4, 0.5) is 5.69 Å². The van der Waals surface area contributed by atoms with Gasteiger partial charge < -0.3 is 14.8 Å². The average Bonchev–Trinajstić information content (AvgIpc) is 2.87. The van der Waals surface area contributed by atoms with E-state index in [1.165, 1.54) is 0 Å². The lowest BCUT2D eigenvalue weighted by Gasteiger charge is -2.13. The number of carbonyl (C=O) groups is 1. The van der Waals surface area contributed by atoms with Gasteiger partial charge in [0.1, 0.15) is 0 Å². The van der Waals surface area contributed by atoms with Crippen LogP contribution in [0.1, 0.15) is 11.1 Å². The van der Waals surface area contributed by atoms with Gasteiger partial charge in [0, 0.05) is 21.3 Å². The molecule has 0 unspecified atom stereocenters. The van der Waals surface area contributed by atoms with Crippen LogP contribution in [0.25, 0.3) is 11.6 Å². The Hall–Kier alpha value is -1.79. The van der Waals surface area contributed by atoms with E-state index < -0.39 is 0 Å². The van der Waals surface area contributed by atoms with Crippen LogP contribution >= 0.6 is 31.9 Å². The van der Waals surface area contributed by atoms with Crippen molar-refractivity contribution in [3.63, 3.8) is 0 Å². The zero-order valence-corrected chi connectivity index (χ0v) is 15.6. The molecule has 0 aromatic heterocycles. The van der Waals surface area contributed by atoms with E-state index in [1.807, 2.05) is 36.4 Å². The summed E-state index contributed by atoms with van der Waals surface area (Å²) in [5.74, 6) is 1.06. The van der Waals surface area contributed by atoms with E-state index in [-0.39, 0.29) is 5.91 Å². The standard InChI is InChI=1S/C17H13Br2NO3/c1-22-13-8-9(14(18)15(19)16(13)23-2)7-11-10-5-3-4-6-12(10)20-17(11)21/h3-8H,1-2H3,(H,20,21). The Labute approximate surface area is 150 Å². The maximum absolute atomic E-state index is 12.2. The number of para-hydroxylation sites is 1. The monoisotopic (exact) mass is 437 g/mol. The minimum Gasteiger partial charge on any atom is -0.493 e. The lowest BCUT2D eigenvalue weighted by atomic mass is 10.0. The summed E-state index contributed by atoms with van der Waals surface area (Å²) in [5, 5.41) is 2.86. The van der Waals surface area contributed by atoms with Crippen molar-refractivity contribution < 1.29 is 14.3 Å². The molecule has 0 bridgehead atoms. The third kappa shape index (κ3) is 2.77. The second-order valence-corrected chi connectivity index (χ2v) is 6.47. The van der Waals surface area contributed by atoms with Gasteiger partial charge in [0.05, 0.1) is 18.7 Å². The summed E-state index contributed by atoms with van der Waals surface area (Å²) in [4.78, 5) is 12.2. The second kappa shape index (κ2) is 6.37. The van der Waals surface area contributed by atoms with E-state index in [0.29, 0.717) is 17.1 Å². The summed E-state index contributed by atoms with van der Waals surface area (Å²) >= 11 is 7.04. The normalized spacial score (nSPS) is 14.6. The predicted octanol–water partition coefficient (Wildman–Crippen LogP) is 4.72. The topological polar surface area (TPSA) is 47.6 Å². The van der Waals surface area contributed by atoms with Gasteiger partial charge in [-0.3, -0.25) is 4.79 Å². The van der Waals surface area contributed by atoms with Crippen LogP contribution in [0.2, 0.25) is 0 Å². The van der Waals surface area contributed by atoms with E-state index in [9.17, 15) is 4.79 Å². The molecule has 1 N–H and O–H groups in total. The minimum absolute atomic E-state index is 0.121. The Kier molecular flexibility index (Phi) is 4.46. The molecule has 1 amide bonds. The maximum Gasteiger partial charge on any atom is 0.256 e. The molecular weight excluding hydrogens is 426 g/mol.